The lowest BCUT2D eigenvalue weighted by atomic mass is 10.2. The molecule has 2 rings (SSSR count). The van der Waals surface area contributed by atoms with Crippen molar-refractivity contribution in [3.63, 3.8) is 0 Å². The number of aromatic nitrogens is 4. The maximum absolute atomic E-state index is 4.23. The van der Waals surface area contributed by atoms with Crippen LogP contribution >= 0.6 is 11.3 Å². The summed E-state index contributed by atoms with van der Waals surface area (Å²) in [5.74, 6) is 0.454. The molecule has 0 fully saturated rings. The van der Waals surface area contributed by atoms with E-state index in [1.165, 1.54) is 0 Å². The summed E-state index contributed by atoms with van der Waals surface area (Å²) in [4.78, 5) is 6.20. The lowest BCUT2D eigenvalue weighted by Crippen LogP contribution is -2.19. The van der Waals surface area contributed by atoms with E-state index in [2.05, 4.69) is 45.5 Å². The molecule has 0 amide bonds. The first kappa shape index (κ1) is 13.0. The second-order valence-electron chi connectivity index (χ2n) is 4.65. The minimum absolute atomic E-state index is 0.454. The molecule has 98 valence electrons. The van der Waals surface area contributed by atoms with E-state index >= 15 is 0 Å². The van der Waals surface area contributed by atoms with Gasteiger partial charge in [-0.15, -0.1) is 10.2 Å². The molecule has 0 spiro atoms. The smallest absolute Gasteiger partial charge is 0.208 e. The summed E-state index contributed by atoms with van der Waals surface area (Å²) in [5.41, 5.74) is 0. The second-order valence-corrected chi connectivity index (χ2v) is 5.64. The first-order valence-electron chi connectivity index (χ1n) is 6.17. The number of nitrogens with zero attached hydrogens (tertiary/aromatic N) is 5. The first-order valence-corrected chi connectivity index (χ1v) is 6.98. The van der Waals surface area contributed by atoms with Crippen LogP contribution in [0, 0.1) is 0 Å². The Kier molecular flexibility index (Phi) is 4.30. The van der Waals surface area contributed by atoms with E-state index in [4.69, 9.17) is 0 Å². The molecule has 0 unspecified atom stereocenters. The lowest BCUT2D eigenvalue weighted by molar-refractivity contribution is 0.636. The number of hydrogen-bond acceptors (Lipinski definition) is 5. The predicted octanol–water partition coefficient (Wildman–Crippen LogP) is 2.38. The highest BCUT2D eigenvalue weighted by molar-refractivity contribution is 7.15. The highest BCUT2D eigenvalue weighted by Gasteiger charge is 2.10. The van der Waals surface area contributed by atoms with Gasteiger partial charge in [-0.1, -0.05) is 25.2 Å². The predicted molar refractivity (Wildman–Crippen MR) is 74.1 cm³/mol. The summed E-state index contributed by atoms with van der Waals surface area (Å²) in [6, 6.07) is 0. The molecule has 18 heavy (non-hydrogen) atoms. The van der Waals surface area contributed by atoms with Crippen LogP contribution in [0.1, 0.15) is 31.2 Å². The zero-order chi connectivity index (χ0) is 13.0. The number of aryl methyl sites for hydroxylation is 1. The van der Waals surface area contributed by atoms with Crippen LogP contribution in [0.25, 0.3) is 0 Å². The van der Waals surface area contributed by atoms with Crippen LogP contribution in [-0.4, -0.2) is 33.3 Å². The van der Waals surface area contributed by atoms with Gasteiger partial charge in [0.1, 0.15) is 5.01 Å². The Hall–Kier alpha value is -1.43. The molecule has 2 aromatic rings. The molecule has 5 nitrogen and oxygen atoms in total. The fraction of sp³-hybridized carbons (Fsp3) is 0.583. The topological polar surface area (TPSA) is 46.8 Å². The van der Waals surface area contributed by atoms with Gasteiger partial charge in [0.2, 0.25) is 5.13 Å². The minimum Gasteiger partial charge on any atom is -0.350 e. The van der Waals surface area contributed by atoms with Crippen molar-refractivity contribution in [1.29, 1.82) is 0 Å². The fourth-order valence-electron chi connectivity index (χ4n) is 1.62. The van der Waals surface area contributed by atoms with Gasteiger partial charge in [0, 0.05) is 38.4 Å². The van der Waals surface area contributed by atoms with Gasteiger partial charge < -0.3 is 9.47 Å². The normalized spacial score (nSPS) is 11.1. The summed E-state index contributed by atoms with van der Waals surface area (Å²) in [6.45, 7) is 6.25. The van der Waals surface area contributed by atoms with E-state index in [9.17, 15) is 0 Å². The molecule has 2 aromatic heterocycles. The van der Waals surface area contributed by atoms with Crippen molar-refractivity contribution in [2.75, 3.05) is 18.5 Å². The molecule has 0 aliphatic carbocycles. The quantitative estimate of drug-likeness (QED) is 0.804. The Balaban J connectivity index is 1.81. The van der Waals surface area contributed by atoms with Gasteiger partial charge in [-0.2, -0.15) is 0 Å². The zero-order valence-electron chi connectivity index (χ0n) is 11.1. The molecule has 2 heterocycles. The molecule has 0 saturated carbocycles. The summed E-state index contributed by atoms with van der Waals surface area (Å²) >= 11 is 1.68. The number of rotatable bonds is 6. The van der Waals surface area contributed by atoms with Crippen molar-refractivity contribution in [3.05, 3.63) is 23.7 Å². The average Bonchev–Trinajstić information content (AvgIpc) is 2.99. The second kappa shape index (κ2) is 5.95. The van der Waals surface area contributed by atoms with E-state index in [-0.39, 0.29) is 0 Å². The Bertz CT molecular complexity index is 463. The molecule has 0 bridgehead atoms. The largest absolute Gasteiger partial charge is 0.350 e. The van der Waals surface area contributed by atoms with E-state index in [0.717, 1.165) is 29.6 Å². The van der Waals surface area contributed by atoms with E-state index in [1.807, 2.05) is 18.7 Å². The minimum atomic E-state index is 0.454. The van der Waals surface area contributed by atoms with E-state index in [1.54, 1.807) is 11.3 Å². The zero-order valence-corrected chi connectivity index (χ0v) is 11.9. The van der Waals surface area contributed by atoms with Crippen molar-refractivity contribution in [3.8, 4) is 0 Å². The van der Waals surface area contributed by atoms with Crippen molar-refractivity contribution in [2.24, 2.45) is 0 Å². The van der Waals surface area contributed by atoms with Crippen LogP contribution < -0.4 is 4.90 Å². The van der Waals surface area contributed by atoms with Gasteiger partial charge in [-0.05, 0) is 6.42 Å². The fourth-order valence-corrected chi connectivity index (χ4v) is 2.45. The highest BCUT2D eigenvalue weighted by atomic mass is 32.1. The maximum atomic E-state index is 4.23. The third-order valence-electron chi connectivity index (χ3n) is 2.72. The molecule has 0 aromatic carbocycles. The maximum Gasteiger partial charge on any atom is 0.208 e. The van der Waals surface area contributed by atoms with Crippen LogP contribution in [-0.2, 0) is 6.54 Å². The molecule has 6 heteroatoms. The van der Waals surface area contributed by atoms with Gasteiger partial charge in [0.25, 0.3) is 0 Å². The molecule has 0 atom stereocenters. The molecule has 0 saturated heterocycles. The Morgan fingerprint density at radius 1 is 1.39 bits per heavy atom. The number of hydrogen-bond donors (Lipinski definition) is 0. The molecular formula is C12H19N5S. The average molecular weight is 265 g/mol. The van der Waals surface area contributed by atoms with Crippen molar-refractivity contribution >= 4 is 16.5 Å². The lowest BCUT2D eigenvalue weighted by Gasteiger charge is -2.14. The Morgan fingerprint density at radius 3 is 2.83 bits per heavy atom. The van der Waals surface area contributed by atoms with Gasteiger partial charge in [-0.3, -0.25) is 0 Å². The van der Waals surface area contributed by atoms with Crippen LogP contribution in [0.3, 0.4) is 0 Å². The number of anilines is 1. The third kappa shape index (κ3) is 3.29. The van der Waals surface area contributed by atoms with Gasteiger partial charge in [-0.25, -0.2) is 4.98 Å². The SMILES string of the molecule is CC(C)c1nnc(N(C)CCCn2ccnc2)s1. The van der Waals surface area contributed by atoms with Gasteiger partial charge in [0.05, 0.1) is 6.33 Å². The van der Waals surface area contributed by atoms with Crippen LogP contribution in [0.2, 0.25) is 0 Å². The molecule has 0 radical (unpaired) electrons. The summed E-state index contributed by atoms with van der Waals surface area (Å²) < 4.78 is 2.09. The summed E-state index contributed by atoms with van der Waals surface area (Å²) in [6.07, 6.45) is 6.72. The van der Waals surface area contributed by atoms with Gasteiger partial charge >= 0.3 is 0 Å². The van der Waals surface area contributed by atoms with Crippen LogP contribution in [0.5, 0.6) is 0 Å². The van der Waals surface area contributed by atoms with E-state index in [0.29, 0.717) is 5.92 Å². The highest BCUT2D eigenvalue weighted by Crippen LogP contribution is 2.24. The van der Waals surface area contributed by atoms with Crippen LogP contribution in [0.4, 0.5) is 5.13 Å². The third-order valence-corrected chi connectivity index (χ3v) is 4.06. The Labute approximate surface area is 111 Å². The molecular weight excluding hydrogens is 246 g/mol. The standard InChI is InChI=1S/C12H19N5S/c1-10(2)11-14-15-12(18-11)16(3)6-4-7-17-8-5-13-9-17/h5,8-10H,4,6-7H2,1-3H3. The Morgan fingerprint density at radius 2 is 2.22 bits per heavy atom. The van der Waals surface area contributed by atoms with Crippen molar-refractivity contribution < 1.29 is 0 Å². The monoisotopic (exact) mass is 265 g/mol. The van der Waals surface area contributed by atoms with Crippen molar-refractivity contribution in [2.45, 2.75) is 32.7 Å². The number of imidazole rings is 1. The first-order chi connectivity index (χ1) is 8.66. The summed E-state index contributed by atoms with van der Waals surface area (Å²) in [7, 11) is 2.07. The van der Waals surface area contributed by atoms with Gasteiger partial charge in [0.15, 0.2) is 0 Å². The summed E-state index contributed by atoms with van der Waals surface area (Å²) in [5, 5.41) is 10.5. The molecule has 0 aliphatic rings. The molecule has 0 aliphatic heterocycles. The van der Waals surface area contributed by atoms with Crippen LogP contribution in [0.15, 0.2) is 18.7 Å². The van der Waals surface area contributed by atoms with Crippen molar-refractivity contribution in [1.82, 2.24) is 19.7 Å². The molecule has 0 N–H and O–H groups in total. The van der Waals surface area contributed by atoms with E-state index < -0.39 is 0 Å².